The van der Waals surface area contributed by atoms with E-state index in [1.165, 1.54) is 17.3 Å². The van der Waals surface area contributed by atoms with E-state index in [0.29, 0.717) is 13.1 Å². The van der Waals surface area contributed by atoms with Crippen LogP contribution in [0.25, 0.3) is 0 Å². The highest BCUT2D eigenvalue weighted by molar-refractivity contribution is 9.10. The maximum atomic E-state index is 11.9. The lowest BCUT2D eigenvalue weighted by Gasteiger charge is -2.12. The predicted molar refractivity (Wildman–Crippen MR) is 80.4 cm³/mol. The van der Waals surface area contributed by atoms with E-state index >= 15 is 0 Å². The van der Waals surface area contributed by atoms with Crippen LogP contribution in [0.4, 0.5) is 5.69 Å². The van der Waals surface area contributed by atoms with Crippen LogP contribution in [0.1, 0.15) is 13.0 Å². The number of benzene rings is 1. The normalized spacial score (nSPS) is 11.9. The Morgan fingerprint density at radius 3 is 3.00 bits per heavy atom. The third-order valence-corrected chi connectivity index (χ3v) is 3.28. The lowest BCUT2D eigenvalue weighted by molar-refractivity contribution is -0.124. The lowest BCUT2D eigenvalue weighted by Crippen LogP contribution is -2.34. The Bertz CT molecular complexity index is 558. The molecule has 0 saturated heterocycles. The van der Waals surface area contributed by atoms with Gasteiger partial charge in [0.05, 0.1) is 0 Å². The zero-order valence-corrected chi connectivity index (χ0v) is 12.7. The smallest absolute Gasteiger partial charge is 0.244 e. The van der Waals surface area contributed by atoms with Gasteiger partial charge in [0.2, 0.25) is 5.91 Å². The number of carbonyl (C=O) groups is 1. The minimum Gasteiger partial charge on any atom is -0.383 e. The summed E-state index contributed by atoms with van der Waals surface area (Å²) >= 11 is 3.41. The second-order valence-electron chi connectivity index (χ2n) is 4.28. The molecule has 2 aromatic rings. The van der Waals surface area contributed by atoms with Crippen LogP contribution in [0.15, 0.2) is 41.4 Å². The van der Waals surface area contributed by atoms with Crippen molar-refractivity contribution in [3.8, 4) is 0 Å². The van der Waals surface area contributed by atoms with E-state index in [1.54, 1.807) is 6.92 Å². The molecule has 1 heterocycles. The molecule has 20 heavy (non-hydrogen) atoms. The molecule has 2 rings (SSSR count). The zero-order chi connectivity index (χ0) is 14.4. The van der Waals surface area contributed by atoms with E-state index in [1.807, 2.05) is 24.3 Å². The summed E-state index contributed by atoms with van der Waals surface area (Å²) < 4.78 is 2.54. The Morgan fingerprint density at radius 1 is 1.45 bits per heavy atom. The molecule has 0 fully saturated rings. The van der Waals surface area contributed by atoms with Crippen molar-refractivity contribution in [3.63, 3.8) is 0 Å². The highest BCUT2D eigenvalue weighted by Crippen LogP contribution is 2.15. The van der Waals surface area contributed by atoms with Gasteiger partial charge in [0.25, 0.3) is 0 Å². The van der Waals surface area contributed by atoms with Crippen molar-refractivity contribution >= 4 is 27.5 Å². The largest absolute Gasteiger partial charge is 0.383 e. The summed E-state index contributed by atoms with van der Waals surface area (Å²) in [7, 11) is 0. The molecule has 1 amide bonds. The van der Waals surface area contributed by atoms with Gasteiger partial charge in [-0.3, -0.25) is 4.79 Å². The number of hydrogen-bond acceptors (Lipinski definition) is 4. The summed E-state index contributed by atoms with van der Waals surface area (Å²) in [5.74, 6) is -0.0773. The summed E-state index contributed by atoms with van der Waals surface area (Å²) in [6, 6.07) is 7.53. The first-order valence-corrected chi connectivity index (χ1v) is 7.07. The summed E-state index contributed by atoms with van der Waals surface area (Å²) in [4.78, 5) is 15.7. The number of rotatable bonds is 6. The van der Waals surface area contributed by atoms with Crippen LogP contribution in [0, 0.1) is 0 Å². The maximum Gasteiger partial charge on any atom is 0.244 e. The van der Waals surface area contributed by atoms with Gasteiger partial charge in [-0.05, 0) is 25.1 Å². The molecule has 1 aromatic carbocycles. The Hall–Kier alpha value is -1.89. The number of nitrogens with one attached hydrogen (secondary N) is 2. The van der Waals surface area contributed by atoms with Gasteiger partial charge in [-0.15, -0.1) is 0 Å². The number of hydrogen-bond donors (Lipinski definition) is 2. The highest BCUT2D eigenvalue weighted by Gasteiger charge is 2.14. The minimum atomic E-state index is -0.358. The minimum absolute atomic E-state index is 0.0773. The molecule has 6 nitrogen and oxygen atoms in total. The molecule has 1 atom stereocenters. The monoisotopic (exact) mass is 337 g/mol. The van der Waals surface area contributed by atoms with Gasteiger partial charge in [-0.25, -0.2) is 9.67 Å². The third-order valence-electron chi connectivity index (χ3n) is 2.79. The van der Waals surface area contributed by atoms with Crippen molar-refractivity contribution < 1.29 is 4.79 Å². The van der Waals surface area contributed by atoms with Crippen LogP contribution >= 0.6 is 15.9 Å². The van der Waals surface area contributed by atoms with Gasteiger partial charge in [0.15, 0.2) is 0 Å². The van der Waals surface area contributed by atoms with Crippen molar-refractivity contribution in [3.05, 3.63) is 41.4 Å². The number of halogens is 1. The molecule has 0 spiro atoms. The Labute approximate surface area is 125 Å². The summed E-state index contributed by atoms with van der Waals surface area (Å²) in [5.41, 5.74) is 1.01. The molecule has 7 heteroatoms. The number of anilines is 1. The van der Waals surface area contributed by atoms with E-state index in [9.17, 15) is 4.79 Å². The van der Waals surface area contributed by atoms with Gasteiger partial charge in [-0.2, -0.15) is 5.10 Å². The maximum absolute atomic E-state index is 11.9. The van der Waals surface area contributed by atoms with E-state index in [4.69, 9.17) is 0 Å². The lowest BCUT2D eigenvalue weighted by atomic mass is 10.3. The van der Waals surface area contributed by atoms with E-state index in [2.05, 4.69) is 36.6 Å². The van der Waals surface area contributed by atoms with Crippen LogP contribution in [-0.2, 0) is 4.79 Å². The average Bonchev–Trinajstić information content (AvgIpc) is 2.96. The van der Waals surface area contributed by atoms with Gasteiger partial charge in [0, 0.05) is 23.2 Å². The first kappa shape index (κ1) is 14.5. The second-order valence-corrected chi connectivity index (χ2v) is 5.20. The van der Waals surface area contributed by atoms with Gasteiger partial charge >= 0.3 is 0 Å². The van der Waals surface area contributed by atoms with E-state index < -0.39 is 0 Å². The van der Waals surface area contributed by atoms with Gasteiger partial charge < -0.3 is 10.6 Å². The summed E-state index contributed by atoms with van der Waals surface area (Å²) in [5, 5.41) is 10.0. The fourth-order valence-corrected chi connectivity index (χ4v) is 2.08. The van der Waals surface area contributed by atoms with Crippen LogP contribution < -0.4 is 10.6 Å². The molecule has 106 valence electrons. The first-order valence-electron chi connectivity index (χ1n) is 6.28. The molecule has 0 aliphatic carbocycles. The van der Waals surface area contributed by atoms with Crippen molar-refractivity contribution in [1.82, 2.24) is 20.1 Å². The zero-order valence-electron chi connectivity index (χ0n) is 11.1. The first-order chi connectivity index (χ1) is 9.66. The Balaban J connectivity index is 1.72. The number of carbonyl (C=O) groups excluding carboxylic acids is 1. The van der Waals surface area contributed by atoms with Crippen molar-refractivity contribution in [2.75, 3.05) is 18.4 Å². The van der Waals surface area contributed by atoms with Crippen molar-refractivity contribution in [1.29, 1.82) is 0 Å². The van der Waals surface area contributed by atoms with Crippen molar-refractivity contribution in [2.24, 2.45) is 0 Å². The Kier molecular flexibility index (Phi) is 5.11. The molecule has 0 unspecified atom stereocenters. The fourth-order valence-electron chi connectivity index (χ4n) is 1.68. The topological polar surface area (TPSA) is 71.8 Å². The predicted octanol–water partition coefficient (Wildman–Crippen LogP) is 1.83. The van der Waals surface area contributed by atoms with E-state index in [-0.39, 0.29) is 11.9 Å². The van der Waals surface area contributed by atoms with Crippen LogP contribution in [0.2, 0.25) is 0 Å². The number of nitrogens with zero attached hydrogens (tertiary/aromatic N) is 3. The molecular formula is C13H16BrN5O. The third kappa shape index (κ3) is 4.06. The fraction of sp³-hybridized carbons (Fsp3) is 0.308. The van der Waals surface area contributed by atoms with Crippen molar-refractivity contribution in [2.45, 2.75) is 13.0 Å². The summed E-state index contributed by atoms with van der Waals surface area (Å²) in [6.07, 6.45) is 2.95. The highest BCUT2D eigenvalue weighted by atomic mass is 79.9. The SMILES string of the molecule is C[C@@H](C(=O)NCCNc1cccc(Br)c1)n1cncn1. The molecular weight excluding hydrogens is 322 g/mol. The second kappa shape index (κ2) is 7.04. The molecule has 0 aliphatic heterocycles. The molecule has 0 saturated carbocycles. The Morgan fingerprint density at radius 2 is 2.30 bits per heavy atom. The van der Waals surface area contributed by atoms with E-state index in [0.717, 1.165) is 10.2 Å². The average molecular weight is 338 g/mol. The molecule has 0 radical (unpaired) electrons. The molecule has 0 bridgehead atoms. The van der Waals surface area contributed by atoms with Crippen LogP contribution in [0.5, 0.6) is 0 Å². The standard InChI is InChI=1S/C13H16BrN5O/c1-10(19-9-15-8-18-19)13(20)17-6-5-16-12-4-2-3-11(14)7-12/h2-4,7-10,16H,5-6H2,1H3,(H,17,20)/t10-/m0/s1. The van der Waals surface area contributed by atoms with Gasteiger partial charge in [-0.1, -0.05) is 22.0 Å². The molecule has 2 N–H and O–H groups in total. The molecule has 0 aliphatic rings. The number of aromatic nitrogens is 3. The number of amides is 1. The van der Waals surface area contributed by atoms with Crippen LogP contribution in [-0.4, -0.2) is 33.8 Å². The quantitative estimate of drug-likeness (QED) is 0.789. The summed E-state index contributed by atoms with van der Waals surface area (Å²) in [6.45, 7) is 2.99. The van der Waals surface area contributed by atoms with Crippen LogP contribution in [0.3, 0.4) is 0 Å². The van der Waals surface area contributed by atoms with Gasteiger partial charge in [0.1, 0.15) is 18.7 Å². The molecule has 1 aromatic heterocycles.